The smallest absolute Gasteiger partial charge is 0.0541 e. The first-order valence-corrected chi connectivity index (χ1v) is 6.60. The Hall–Kier alpha value is -0.380. The Balaban J connectivity index is 2.28. The molecule has 88 valence electrons. The molecule has 1 aromatic carbocycles. The molecule has 1 fully saturated rings. The second-order valence-electron chi connectivity index (χ2n) is 4.73. The van der Waals surface area contributed by atoms with Gasteiger partial charge in [0, 0.05) is 16.4 Å². The summed E-state index contributed by atoms with van der Waals surface area (Å²) in [6.07, 6.45) is 3.57. The number of nitrogens with two attached hydrogens (primary N) is 1. The van der Waals surface area contributed by atoms with E-state index in [1.165, 1.54) is 5.56 Å². The first-order valence-electron chi connectivity index (χ1n) is 5.80. The zero-order valence-corrected chi connectivity index (χ0v) is 10.9. The molecule has 16 heavy (non-hydrogen) atoms. The molecule has 0 bridgehead atoms. The molecule has 0 saturated heterocycles. The largest absolute Gasteiger partial charge is 0.393 e. The molecular formula is C13H18BrNO. The highest BCUT2D eigenvalue weighted by Gasteiger charge is 2.35. The van der Waals surface area contributed by atoms with Gasteiger partial charge in [-0.1, -0.05) is 28.1 Å². The standard InChI is InChI=1S/C13H18BrNO/c14-11-3-1-2-10(8-11)13(9-15)6-4-12(16)5-7-13/h1-3,8,12,16H,4-7,9,15H2. The van der Waals surface area contributed by atoms with E-state index in [2.05, 4.69) is 34.1 Å². The average molecular weight is 284 g/mol. The molecule has 1 saturated carbocycles. The minimum absolute atomic E-state index is 0.0724. The summed E-state index contributed by atoms with van der Waals surface area (Å²) in [5, 5.41) is 9.59. The molecule has 0 aliphatic heterocycles. The van der Waals surface area contributed by atoms with Gasteiger partial charge in [0.05, 0.1) is 6.10 Å². The van der Waals surface area contributed by atoms with Crippen LogP contribution >= 0.6 is 15.9 Å². The fourth-order valence-corrected chi connectivity index (χ4v) is 2.98. The normalized spacial score (nSPS) is 30.3. The molecule has 2 nitrogen and oxygen atoms in total. The van der Waals surface area contributed by atoms with Crippen molar-refractivity contribution in [1.82, 2.24) is 0 Å². The van der Waals surface area contributed by atoms with Crippen LogP contribution in [0.5, 0.6) is 0 Å². The van der Waals surface area contributed by atoms with Crippen LogP contribution in [0, 0.1) is 0 Å². The summed E-state index contributed by atoms with van der Waals surface area (Å²) in [6, 6.07) is 8.40. The van der Waals surface area contributed by atoms with E-state index in [1.807, 2.05) is 6.07 Å². The third kappa shape index (κ3) is 2.31. The molecule has 0 unspecified atom stereocenters. The molecular weight excluding hydrogens is 266 g/mol. The number of aliphatic hydroxyl groups is 1. The van der Waals surface area contributed by atoms with Gasteiger partial charge in [-0.25, -0.2) is 0 Å². The molecule has 0 heterocycles. The lowest BCUT2D eigenvalue weighted by Gasteiger charge is -2.38. The summed E-state index contributed by atoms with van der Waals surface area (Å²) < 4.78 is 1.10. The van der Waals surface area contributed by atoms with Crippen molar-refractivity contribution < 1.29 is 5.11 Å². The van der Waals surface area contributed by atoms with Crippen molar-refractivity contribution in [1.29, 1.82) is 0 Å². The van der Waals surface area contributed by atoms with E-state index in [4.69, 9.17) is 5.73 Å². The fourth-order valence-electron chi connectivity index (χ4n) is 2.58. The molecule has 3 N–H and O–H groups in total. The lowest BCUT2D eigenvalue weighted by molar-refractivity contribution is 0.0974. The third-order valence-electron chi connectivity index (χ3n) is 3.74. The summed E-state index contributed by atoms with van der Waals surface area (Å²) in [4.78, 5) is 0. The van der Waals surface area contributed by atoms with Crippen LogP contribution in [0.4, 0.5) is 0 Å². The van der Waals surface area contributed by atoms with Gasteiger partial charge in [0.2, 0.25) is 0 Å². The van der Waals surface area contributed by atoms with Crippen molar-refractivity contribution in [2.45, 2.75) is 37.2 Å². The summed E-state index contributed by atoms with van der Waals surface area (Å²) in [5.74, 6) is 0. The van der Waals surface area contributed by atoms with Crippen LogP contribution in [0.15, 0.2) is 28.7 Å². The number of benzene rings is 1. The average Bonchev–Trinajstić information content (AvgIpc) is 2.31. The fraction of sp³-hybridized carbons (Fsp3) is 0.538. The van der Waals surface area contributed by atoms with Crippen LogP contribution < -0.4 is 5.73 Å². The van der Waals surface area contributed by atoms with Gasteiger partial charge in [-0.3, -0.25) is 0 Å². The predicted molar refractivity (Wildman–Crippen MR) is 69.3 cm³/mol. The van der Waals surface area contributed by atoms with Crippen molar-refractivity contribution in [3.8, 4) is 0 Å². The van der Waals surface area contributed by atoms with Gasteiger partial charge in [-0.2, -0.15) is 0 Å². The lowest BCUT2D eigenvalue weighted by atomic mass is 9.69. The second-order valence-corrected chi connectivity index (χ2v) is 5.64. The van der Waals surface area contributed by atoms with E-state index < -0.39 is 0 Å². The Kier molecular flexibility index (Phi) is 3.67. The minimum Gasteiger partial charge on any atom is -0.393 e. The van der Waals surface area contributed by atoms with Crippen molar-refractivity contribution in [2.75, 3.05) is 6.54 Å². The van der Waals surface area contributed by atoms with Crippen LogP contribution in [0.25, 0.3) is 0 Å². The Morgan fingerprint density at radius 2 is 2.06 bits per heavy atom. The van der Waals surface area contributed by atoms with Crippen LogP contribution in [-0.4, -0.2) is 17.8 Å². The highest BCUT2D eigenvalue weighted by Crippen LogP contribution is 2.39. The molecule has 3 heteroatoms. The topological polar surface area (TPSA) is 46.2 Å². The van der Waals surface area contributed by atoms with Gasteiger partial charge in [-0.05, 0) is 43.4 Å². The Morgan fingerprint density at radius 3 is 2.62 bits per heavy atom. The molecule has 0 amide bonds. The maximum Gasteiger partial charge on any atom is 0.0541 e. The third-order valence-corrected chi connectivity index (χ3v) is 4.23. The number of rotatable bonds is 2. The molecule has 2 rings (SSSR count). The Morgan fingerprint density at radius 1 is 1.38 bits per heavy atom. The summed E-state index contributed by atoms with van der Waals surface area (Å²) in [6.45, 7) is 0.663. The first-order chi connectivity index (χ1) is 7.66. The first kappa shape index (κ1) is 12.1. The second kappa shape index (κ2) is 4.86. The summed E-state index contributed by atoms with van der Waals surface area (Å²) in [5.41, 5.74) is 7.34. The molecule has 1 aliphatic carbocycles. The van der Waals surface area contributed by atoms with Gasteiger partial charge in [0.25, 0.3) is 0 Å². The highest BCUT2D eigenvalue weighted by atomic mass is 79.9. The highest BCUT2D eigenvalue weighted by molar-refractivity contribution is 9.10. The Labute approximate surface area is 105 Å². The van der Waals surface area contributed by atoms with Crippen molar-refractivity contribution >= 4 is 15.9 Å². The van der Waals surface area contributed by atoms with E-state index >= 15 is 0 Å². The molecule has 0 atom stereocenters. The molecule has 0 aromatic heterocycles. The monoisotopic (exact) mass is 283 g/mol. The van der Waals surface area contributed by atoms with Gasteiger partial charge in [0.15, 0.2) is 0 Å². The summed E-state index contributed by atoms with van der Waals surface area (Å²) >= 11 is 3.50. The predicted octanol–water partition coefficient (Wildman–Crippen LogP) is 2.58. The van der Waals surface area contributed by atoms with E-state index in [9.17, 15) is 5.11 Å². The number of hydrogen-bond acceptors (Lipinski definition) is 2. The SMILES string of the molecule is NCC1(c2cccc(Br)c2)CCC(O)CC1. The minimum atomic E-state index is -0.133. The van der Waals surface area contributed by atoms with E-state index in [1.54, 1.807) is 0 Å². The summed E-state index contributed by atoms with van der Waals surface area (Å²) in [7, 11) is 0. The molecule has 1 aliphatic rings. The zero-order chi connectivity index (χ0) is 11.6. The van der Waals surface area contributed by atoms with Crippen LogP contribution in [0.2, 0.25) is 0 Å². The number of aliphatic hydroxyl groups excluding tert-OH is 1. The van der Waals surface area contributed by atoms with Gasteiger partial charge in [-0.15, -0.1) is 0 Å². The molecule has 0 spiro atoms. The van der Waals surface area contributed by atoms with Gasteiger partial charge < -0.3 is 10.8 Å². The van der Waals surface area contributed by atoms with E-state index in [0.29, 0.717) is 6.54 Å². The van der Waals surface area contributed by atoms with Crippen LogP contribution in [0.1, 0.15) is 31.2 Å². The van der Waals surface area contributed by atoms with Crippen molar-refractivity contribution in [2.24, 2.45) is 5.73 Å². The molecule has 1 aromatic rings. The number of halogens is 1. The maximum atomic E-state index is 9.59. The van der Waals surface area contributed by atoms with E-state index in [0.717, 1.165) is 30.2 Å². The van der Waals surface area contributed by atoms with Crippen molar-refractivity contribution in [3.63, 3.8) is 0 Å². The van der Waals surface area contributed by atoms with E-state index in [-0.39, 0.29) is 11.5 Å². The quantitative estimate of drug-likeness (QED) is 0.876. The molecule has 0 radical (unpaired) electrons. The van der Waals surface area contributed by atoms with Crippen molar-refractivity contribution in [3.05, 3.63) is 34.3 Å². The van der Waals surface area contributed by atoms with Crippen LogP contribution in [0.3, 0.4) is 0 Å². The lowest BCUT2D eigenvalue weighted by Crippen LogP contribution is -2.40. The number of hydrogen-bond donors (Lipinski definition) is 2. The van der Waals surface area contributed by atoms with Gasteiger partial charge in [0.1, 0.15) is 0 Å². The van der Waals surface area contributed by atoms with Gasteiger partial charge >= 0.3 is 0 Å². The Bertz CT molecular complexity index is 359. The zero-order valence-electron chi connectivity index (χ0n) is 9.32. The van der Waals surface area contributed by atoms with Crippen LogP contribution in [-0.2, 0) is 5.41 Å². The maximum absolute atomic E-state index is 9.59.